The summed E-state index contributed by atoms with van der Waals surface area (Å²) >= 11 is 4.84. The summed E-state index contributed by atoms with van der Waals surface area (Å²) in [5.74, 6) is -0.320. The van der Waals surface area contributed by atoms with Gasteiger partial charge >= 0.3 is 0 Å². The zero-order valence-electron chi connectivity index (χ0n) is 15.0. The Labute approximate surface area is 179 Å². The molecule has 4 rings (SSSR count). The number of fused-ring (bicyclic) bond motifs is 1. The number of carbonyl (C=O) groups excluding carboxylic acids is 1. The summed E-state index contributed by atoms with van der Waals surface area (Å²) in [6.07, 6.45) is 1.63. The number of aromatic nitrogens is 1. The zero-order chi connectivity index (χ0) is 20.2. The smallest absolute Gasteiger partial charge is 0.267 e. The van der Waals surface area contributed by atoms with Crippen LogP contribution in [0.25, 0.3) is 10.2 Å². The summed E-state index contributed by atoms with van der Waals surface area (Å²) in [7, 11) is 0. The van der Waals surface area contributed by atoms with Crippen LogP contribution in [-0.2, 0) is 0 Å². The van der Waals surface area contributed by atoms with Gasteiger partial charge in [-0.25, -0.2) is 4.98 Å². The van der Waals surface area contributed by atoms with Crippen LogP contribution in [0.2, 0.25) is 0 Å². The number of hydrogen-bond acceptors (Lipinski definition) is 5. The number of nitriles is 1. The van der Waals surface area contributed by atoms with Gasteiger partial charge in [0.1, 0.15) is 0 Å². The molecule has 3 aromatic carbocycles. The lowest BCUT2D eigenvalue weighted by molar-refractivity contribution is 0.0988. The molecule has 0 aliphatic carbocycles. The maximum atomic E-state index is 13.2. The highest BCUT2D eigenvalue weighted by Crippen LogP contribution is 2.32. The van der Waals surface area contributed by atoms with Crippen molar-refractivity contribution in [3.63, 3.8) is 0 Å². The fourth-order valence-electron chi connectivity index (χ4n) is 2.64. The molecular formula is C22H13BrN4OS. The van der Waals surface area contributed by atoms with Gasteiger partial charge in [-0.05, 0) is 48.0 Å². The molecule has 29 heavy (non-hydrogen) atoms. The van der Waals surface area contributed by atoms with Gasteiger partial charge in [0.05, 0.1) is 28.1 Å². The fraction of sp³-hybridized carbons (Fsp3) is 0. The maximum absolute atomic E-state index is 13.2. The van der Waals surface area contributed by atoms with Gasteiger partial charge in [0.15, 0.2) is 0 Å². The third-order valence-electron chi connectivity index (χ3n) is 4.10. The van der Waals surface area contributed by atoms with Crippen molar-refractivity contribution in [1.82, 2.24) is 4.98 Å². The first kappa shape index (κ1) is 19.0. The molecule has 140 valence electrons. The molecule has 1 heterocycles. The second kappa shape index (κ2) is 8.35. The van der Waals surface area contributed by atoms with Crippen LogP contribution in [0.4, 0.5) is 5.13 Å². The Morgan fingerprint density at radius 2 is 1.86 bits per heavy atom. The van der Waals surface area contributed by atoms with Gasteiger partial charge in [0.25, 0.3) is 5.91 Å². The SMILES string of the molecule is N#Cc1ccc(C(=O)N(/N=C/c2ccccc2)c2nc3ccc(Br)cc3s2)cc1. The largest absolute Gasteiger partial charge is 0.280 e. The average molecular weight is 461 g/mol. The Morgan fingerprint density at radius 3 is 2.59 bits per heavy atom. The predicted octanol–water partition coefficient (Wildman–Crippen LogP) is 5.61. The van der Waals surface area contributed by atoms with Crippen molar-refractivity contribution in [3.8, 4) is 6.07 Å². The first-order valence-electron chi connectivity index (χ1n) is 8.64. The van der Waals surface area contributed by atoms with Gasteiger partial charge in [0.2, 0.25) is 5.13 Å². The summed E-state index contributed by atoms with van der Waals surface area (Å²) in [5.41, 5.74) is 2.58. The van der Waals surface area contributed by atoms with Gasteiger partial charge in [0, 0.05) is 10.0 Å². The Balaban J connectivity index is 1.75. The van der Waals surface area contributed by atoms with Crippen molar-refractivity contribution in [2.45, 2.75) is 0 Å². The average Bonchev–Trinajstić information content (AvgIpc) is 3.17. The van der Waals surface area contributed by atoms with Crippen molar-refractivity contribution in [2.24, 2.45) is 5.10 Å². The van der Waals surface area contributed by atoms with E-state index < -0.39 is 0 Å². The first-order valence-corrected chi connectivity index (χ1v) is 10.2. The molecule has 0 atom stereocenters. The number of anilines is 1. The van der Waals surface area contributed by atoms with Gasteiger partial charge in [-0.2, -0.15) is 15.4 Å². The molecule has 0 aliphatic heterocycles. The molecule has 5 nitrogen and oxygen atoms in total. The van der Waals surface area contributed by atoms with Crippen LogP contribution in [0, 0.1) is 11.3 Å². The van der Waals surface area contributed by atoms with Crippen LogP contribution < -0.4 is 5.01 Å². The number of hydrazone groups is 1. The molecule has 1 aromatic heterocycles. The van der Waals surface area contributed by atoms with Gasteiger partial charge in [-0.1, -0.05) is 57.6 Å². The molecule has 0 bridgehead atoms. The van der Waals surface area contributed by atoms with Crippen molar-refractivity contribution >= 4 is 54.7 Å². The second-order valence-electron chi connectivity index (χ2n) is 6.07. The Morgan fingerprint density at radius 1 is 1.10 bits per heavy atom. The number of carbonyl (C=O) groups is 1. The van der Waals surface area contributed by atoms with E-state index in [-0.39, 0.29) is 5.91 Å². The standard InChI is InChI=1S/C22H13BrN4OS/c23-18-10-11-19-20(12-18)29-22(26-19)27(25-14-16-4-2-1-3-5-16)21(28)17-8-6-15(13-24)7-9-17/h1-12,14H/b25-14+. The van der Waals surface area contributed by atoms with Crippen molar-refractivity contribution in [2.75, 3.05) is 5.01 Å². The van der Waals surface area contributed by atoms with Crippen molar-refractivity contribution in [1.29, 1.82) is 5.26 Å². The lowest BCUT2D eigenvalue weighted by atomic mass is 10.1. The second-order valence-corrected chi connectivity index (χ2v) is 7.99. The molecule has 0 fully saturated rings. The Kier molecular flexibility index (Phi) is 5.47. The molecular weight excluding hydrogens is 448 g/mol. The molecule has 0 unspecified atom stereocenters. The van der Waals surface area contributed by atoms with Crippen LogP contribution in [-0.4, -0.2) is 17.1 Å². The summed E-state index contributed by atoms with van der Waals surface area (Å²) in [6.45, 7) is 0. The maximum Gasteiger partial charge on any atom is 0.280 e. The van der Waals surface area contributed by atoms with Gasteiger partial charge < -0.3 is 0 Å². The first-order chi connectivity index (χ1) is 14.1. The van der Waals surface area contributed by atoms with Crippen LogP contribution in [0.15, 0.2) is 82.4 Å². The Bertz CT molecular complexity index is 1240. The van der Waals surface area contributed by atoms with Crippen LogP contribution in [0.5, 0.6) is 0 Å². The summed E-state index contributed by atoms with van der Waals surface area (Å²) < 4.78 is 1.89. The molecule has 0 saturated heterocycles. The van der Waals surface area contributed by atoms with Gasteiger partial charge in [-0.15, -0.1) is 0 Å². The molecule has 0 aliphatic rings. The summed E-state index contributed by atoms with van der Waals surface area (Å²) in [5, 5.41) is 15.2. The number of hydrogen-bond donors (Lipinski definition) is 0. The number of amides is 1. The highest BCUT2D eigenvalue weighted by molar-refractivity contribution is 9.10. The monoisotopic (exact) mass is 460 g/mol. The third-order valence-corrected chi connectivity index (χ3v) is 5.58. The number of benzene rings is 3. The van der Waals surface area contributed by atoms with E-state index in [2.05, 4.69) is 32.1 Å². The minimum atomic E-state index is -0.320. The van der Waals surface area contributed by atoms with E-state index in [1.165, 1.54) is 16.3 Å². The van der Waals surface area contributed by atoms with E-state index in [1.807, 2.05) is 48.5 Å². The molecule has 0 spiro atoms. The normalized spacial score (nSPS) is 10.9. The molecule has 7 heteroatoms. The fourth-order valence-corrected chi connectivity index (χ4v) is 4.11. The van der Waals surface area contributed by atoms with Crippen molar-refractivity contribution in [3.05, 3.63) is 94.0 Å². The van der Waals surface area contributed by atoms with Gasteiger partial charge in [-0.3, -0.25) is 4.79 Å². The highest BCUT2D eigenvalue weighted by Gasteiger charge is 2.21. The lowest BCUT2D eigenvalue weighted by Crippen LogP contribution is -2.25. The Hall–Kier alpha value is -3.34. The lowest BCUT2D eigenvalue weighted by Gasteiger charge is -2.13. The van der Waals surface area contributed by atoms with Crippen LogP contribution in [0.1, 0.15) is 21.5 Å². The summed E-state index contributed by atoms with van der Waals surface area (Å²) in [6, 6.07) is 23.8. The van der Waals surface area contributed by atoms with Crippen LogP contribution in [0.3, 0.4) is 0 Å². The molecule has 1 amide bonds. The van der Waals surface area contributed by atoms with E-state index in [0.717, 1.165) is 20.3 Å². The molecule has 0 N–H and O–H groups in total. The highest BCUT2D eigenvalue weighted by atomic mass is 79.9. The van der Waals surface area contributed by atoms with E-state index in [0.29, 0.717) is 16.3 Å². The van der Waals surface area contributed by atoms with E-state index in [1.54, 1.807) is 30.5 Å². The van der Waals surface area contributed by atoms with E-state index in [4.69, 9.17) is 5.26 Å². The number of halogens is 1. The van der Waals surface area contributed by atoms with E-state index >= 15 is 0 Å². The molecule has 4 aromatic rings. The zero-order valence-corrected chi connectivity index (χ0v) is 17.4. The number of thiazole rings is 1. The number of rotatable bonds is 4. The molecule has 0 saturated carbocycles. The minimum Gasteiger partial charge on any atom is -0.267 e. The van der Waals surface area contributed by atoms with E-state index in [9.17, 15) is 4.79 Å². The third kappa shape index (κ3) is 4.24. The predicted molar refractivity (Wildman–Crippen MR) is 119 cm³/mol. The summed E-state index contributed by atoms with van der Waals surface area (Å²) in [4.78, 5) is 17.8. The number of nitrogens with zero attached hydrogens (tertiary/aromatic N) is 4. The van der Waals surface area contributed by atoms with Crippen LogP contribution >= 0.6 is 27.3 Å². The van der Waals surface area contributed by atoms with Crippen molar-refractivity contribution < 1.29 is 4.79 Å². The quantitative estimate of drug-likeness (QED) is 0.293. The minimum absolute atomic E-state index is 0.320. The topological polar surface area (TPSA) is 69.3 Å². The molecule has 0 radical (unpaired) electrons.